The van der Waals surface area contributed by atoms with Crippen LogP contribution in [0, 0.1) is 5.82 Å². The number of rotatable bonds is 4. The van der Waals surface area contributed by atoms with Crippen LogP contribution >= 0.6 is 0 Å². The van der Waals surface area contributed by atoms with E-state index < -0.39 is 21.6 Å². The minimum absolute atomic E-state index is 0.134. The molecule has 8 heteroatoms. The Labute approximate surface area is 132 Å². The van der Waals surface area contributed by atoms with Gasteiger partial charge >= 0.3 is 0 Å². The number of nitrogens with one attached hydrogen (secondary N) is 2. The molecule has 1 heterocycles. The number of nitrogens with zero attached hydrogens (tertiary/aromatic N) is 1. The van der Waals surface area contributed by atoms with Gasteiger partial charge in [0.05, 0.1) is 11.4 Å². The van der Waals surface area contributed by atoms with E-state index in [1.54, 1.807) is 6.07 Å². The number of H-pyrrole nitrogens is 1. The van der Waals surface area contributed by atoms with Crippen molar-refractivity contribution >= 4 is 10.0 Å². The SMILES string of the molecule is O=c1cc2c(n[nH]1)CCC(NS(=O)(=O)Cc1ccccc1F)C2. The van der Waals surface area contributed by atoms with E-state index in [9.17, 15) is 17.6 Å². The van der Waals surface area contributed by atoms with Gasteiger partial charge in [-0.3, -0.25) is 4.79 Å². The van der Waals surface area contributed by atoms with Gasteiger partial charge in [-0.2, -0.15) is 5.10 Å². The van der Waals surface area contributed by atoms with Crippen molar-refractivity contribution in [3.63, 3.8) is 0 Å². The maximum atomic E-state index is 13.6. The van der Waals surface area contributed by atoms with Gasteiger partial charge in [0.1, 0.15) is 5.82 Å². The van der Waals surface area contributed by atoms with Gasteiger partial charge in [-0.05, 0) is 30.9 Å². The molecule has 0 spiro atoms. The first kappa shape index (κ1) is 15.8. The fourth-order valence-electron chi connectivity index (χ4n) is 2.76. The molecule has 2 N–H and O–H groups in total. The van der Waals surface area contributed by atoms with Gasteiger partial charge in [0.15, 0.2) is 0 Å². The fraction of sp³-hybridized carbons (Fsp3) is 0.333. The quantitative estimate of drug-likeness (QED) is 0.866. The minimum atomic E-state index is -3.67. The molecule has 122 valence electrons. The summed E-state index contributed by atoms with van der Waals surface area (Å²) in [7, 11) is -3.67. The Morgan fingerprint density at radius 2 is 2.13 bits per heavy atom. The molecule has 0 fully saturated rings. The Hall–Kier alpha value is -2.06. The lowest BCUT2D eigenvalue weighted by molar-refractivity contribution is 0.498. The van der Waals surface area contributed by atoms with Gasteiger partial charge in [0, 0.05) is 17.7 Å². The van der Waals surface area contributed by atoms with Crippen molar-refractivity contribution in [2.24, 2.45) is 0 Å². The molecule has 2 aromatic rings. The van der Waals surface area contributed by atoms with Crippen molar-refractivity contribution in [1.29, 1.82) is 0 Å². The number of aromatic amines is 1. The van der Waals surface area contributed by atoms with Crippen molar-refractivity contribution in [2.45, 2.75) is 31.1 Å². The van der Waals surface area contributed by atoms with E-state index in [-0.39, 0.29) is 17.2 Å². The summed E-state index contributed by atoms with van der Waals surface area (Å²) in [5.74, 6) is -0.945. The largest absolute Gasteiger partial charge is 0.268 e. The van der Waals surface area contributed by atoms with Crippen molar-refractivity contribution < 1.29 is 12.8 Å². The first-order valence-electron chi connectivity index (χ1n) is 7.24. The van der Waals surface area contributed by atoms with E-state index in [4.69, 9.17) is 0 Å². The molecule has 1 aliphatic rings. The normalized spacial score (nSPS) is 17.7. The summed E-state index contributed by atoms with van der Waals surface area (Å²) in [6.45, 7) is 0. The number of halogens is 1. The molecule has 1 aliphatic carbocycles. The van der Waals surface area contributed by atoms with Gasteiger partial charge in [0.2, 0.25) is 10.0 Å². The highest BCUT2D eigenvalue weighted by molar-refractivity contribution is 7.88. The molecule has 0 amide bonds. The third kappa shape index (κ3) is 3.83. The number of sulfonamides is 1. The fourth-order valence-corrected chi connectivity index (χ4v) is 4.19. The average Bonchev–Trinajstić information content (AvgIpc) is 2.48. The summed E-state index contributed by atoms with van der Waals surface area (Å²) in [4.78, 5) is 11.3. The molecular formula is C15H16FN3O3S. The molecule has 1 atom stereocenters. The van der Waals surface area contributed by atoms with Crippen molar-refractivity contribution in [3.05, 3.63) is 63.3 Å². The Morgan fingerprint density at radius 1 is 1.35 bits per heavy atom. The summed E-state index contributed by atoms with van der Waals surface area (Å²) in [5, 5.41) is 6.34. The predicted molar refractivity (Wildman–Crippen MR) is 82.8 cm³/mol. The molecule has 3 rings (SSSR count). The van der Waals surface area contributed by atoms with Crippen LogP contribution in [0.2, 0.25) is 0 Å². The summed E-state index contributed by atoms with van der Waals surface area (Å²) in [5.41, 5.74) is 1.36. The van der Waals surface area contributed by atoms with Crippen LogP contribution in [0.15, 0.2) is 35.1 Å². The van der Waals surface area contributed by atoms with Crippen LogP contribution in [-0.2, 0) is 28.6 Å². The highest BCUT2D eigenvalue weighted by Crippen LogP contribution is 2.19. The topological polar surface area (TPSA) is 91.9 Å². The molecule has 0 saturated heterocycles. The average molecular weight is 337 g/mol. The minimum Gasteiger partial charge on any atom is -0.268 e. The second-order valence-electron chi connectivity index (χ2n) is 5.61. The number of benzene rings is 1. The van der Waals surface area contributed by atoms with Crippen molar-refractivity contribution in [2.75, 3.05) is 0 Å². The zero-order valence-electron chi connectivity index (χ0n) is 12.3. The number of fused-ring (bicyclic) bond motifs is 1. The molecule has 1 aromatic heterocycles. The molecule has 1 aromatic carbocycles. The molecule has 1 unspecified atom stereocenters. The lowest BCUT2D eigenvalue weighted by atomic mass is 9.93. The highest BCUT2D eigenvalue weighted by atomic mass is 32.2. The van der Waals surface area contributed by atoms with Gasteiger partial charge in [-0.1, -0.05) is 18.2 Å². The lowest BCUT2D eigenvalue weighted by Gasteiger charge is -2.24. The molecule has 23 heavy (non-hydrogen) atoms. The summed E-state index contributed by atoms with van der Waals surface area (Å²) in [6.07, 6.45) is 1.57. The van der Waals surface area contributed by atoms with E-state index in [1.165, 1.54) is 24.3 Å². The molecule has 6 nitrogen and oxygen atoms in total. The van der Waals surface area contributed by atoms with E-state index in [0.29, 0.717) is 19.3 Å². The number of hydrogen-bond donors (Lipinski definition) is 2. The molecule has 0 radical (unpaired) electrons. The van der Waals surface area contributed by atoms with Crippen LogP contribution in [0.3, 0.4) is 0 Å². The van der Waals surface area contributed by atoms with Gasteiger partial charge in [-0.25, -0.2) is 22.6 Å². The number of aromatic nitrogens is 2. The van der Waals surface area contributed by atoms with E-state index in [2.05, 4.69) is 14.9 Å². The van der Waals surface area contributed by atoms with Crippen LogP contribution in [0.5, 0.6) is 0 Å². The first-order chi connectivity index (χ1) is 10.9. The van der Waals surface area contributed by atoms with Gasteiger partial charge in [-0.15, -0.1) is 0 Å². The van der Waals surface area contributed by atoms with E-state index in [1.807, 2.05) is 0 Å². The van der Waals surface area contributed by atoms with Gasteiger partial charge in [0.25, 0.3) is 5.56 Å². The van der Waals surface area contributed by atoms with E-state index >= 15 is 0 Å². The Kier molecular flexibility index (Phi) is 4.27. The standard InChI is InChI=1S/C15H16FN3O3S/c16-13-4-2-1-3-10(13)9-23(21,22)19-12-5-6-14-11(7-12)8-15(20)18-17-14/h1-4,8,12,19H,5-7,9H2,(H,18,20). The number of hydrogen-bond acceptors (Lipinski definition) is 4. The Balaban J connectivity index is 1.72. The maximum Gasteiger partial charge on any atom is 0.264 e. The van der Waals surface area contributed by atoms with Gasteiger partial charge < -0.3 is 0 Å². The highest BCUT2D eigenvalue weighted by Gasteiger charge is 2.25. The first-order valence-corrected chi connectivity index (χ1v) is 8.89. The maximum absolute atomic E-state index is 13.6. The monoisotopic (exact) mass is 337 g/mol. The molecule has 0 saturated carbocycles. The zero-order chi connectivity index (χ0) is 16.4. The van der Waals surface area contributed by atoms with Crippen LogP contribution in [0.25, 0.3) is 0 Å². The number of aryl methyl sites for hydroxylation is 1. The van der Waals surface area contributed by atoms with Crippen LogP contribution < -0.4 is 10.3 Å². The lowest BCUT2D eigenvalue weighted by Crippen LogP contribution is -2.40. The van der Waals surface area contributed by atoms with Crippen LogP contribution in [-0.4, -0.2) is 24.7 Å². The third-order valence-corrected chi connectivity index (χ3v) is 5.21. The summed E-state index contributed by atoms with van der Waals surface area (Å²) in [6, 6.07) is 6.93. The smallest absolute Gasteiger partial charge is 0.264 e. The van der Waals surface area contributed by atoms with E-state index in [0.717, 1.165) is 11.3 Å². The third-order valence-electron chi connectivity index (χ3n) is 3.82. The zero-order valence-corrected chi connectivity index (χ0v) is 13.1. The van der Waals surface area contributed by atoms with Crippen molar-refractivity contribution in [1.82, 2.24) is 14.9 Å². The Morgan fingerprint density at radius 3 is 2.91 bits per heavy atom. The Bertz CT molecular complexity index is 880. The van der Waals surface area contributed by atoms with Crippen molar-refractivity contribution in [3.8, 4) is 0 Å². The predicted octanol–water partition coefficient (Wildman–Crippen LogP) is 0.886. The summed E-state index contributed by atoms with van der Waals surface area (Å²) >= 11 is 0. The van der Waals surface area contributed by atoms with Crippen LogP contribution in [0.4, 0.5) is 4.39 Å². The second-order valence-corrected chi connectivity index (χ2v) is 7.37. The second kappa shape index (κ2) is 6.21. The summed E-state index contributed by atoms with van der Waals surface area (Å²) < 4.78 is 40.7. The van der Waals surface area contributed by atoms with Crippen LogP contribution in [0.1, 0.15) is 23.2 Å². The molecule has 0 aliphatic heterocycles. The molecular weight excluding hydrogens is 321 g/mol. The molecule has 0 bridgehead atoms.